The van der Waals surface area contributed by atoms with Crippen LogP contribution in [0.15, 0.2) is 4.47 Å². The van der Waals surface area contributed by atoms with E-state index in [9.17, 15) is 0 Å². The van der Waals surface area contributed by atoms with Gasteiger partial charge in [-0.1, -0.05) is 20.8 Å². The summed E-state index contributed by atoms with van der Waals surface area (Å²) in [5, 5.41) is 8.19. The van der Waals surface area contributed by atoms with Gasteiger partial charge < -0.3 is 10.1 Å². The van der Waals surface area contributed by atoms with E-state index in [-0.39, 0.29) is 11.6 Å². The van der Waals surface area contributed by atoms with Crippen molar-refractivity contribution in [1.82, 2.24) is 15.1 Å². The van der Waals surface area contributed by atoms with Crippen LogP contribution in [0.5, 0.6) is 0 Å². The van der Waals surface area contributed by atoms with Crippen LogP contribution in [0.3, 0.4) is 0 Å². The van der Waals surface area contributed by atoms with Crippen LogP contribution in [0.25, 0.3) is 0 Å². The molecule has 0 spiro atoms. The molecule has 1 N–H and O–H groups in total. The molecule has 0 aromatic carbocycles. The van der Waals surface area contributed by atoms with Crippen molar-refractivity contribution in [2.24, 2.45) is 7.05 Å². The zero-order valence-corrected chi connectivity index (χ0v) is 15.9. The molecule has 1 heterocycles. The maximum atomic E-state index is 5.95. The topological polar surface area (TPSA) is 39.1 Å². The highest BCUT2D eigenvalue weighted by Crippen LogP contribution is 2.29. The Balaban J connectivity index is 3.07. The van der Waals surface area contributed by atoms with Crippen molar-refractivity contribution in [1.29, 1.82) is 0 Å². The summed E-state index contributed by atoms with van der Waals surface area (Å²) in [6, 6.07) is 0.281. The first-order chi connectivity index (χ1) is 9.95. The monoisotopic (exact) mass is 359 g/mol. The molecule has 0 bridgehead atoms. The fourth-order valence-corrected chi connectivity index (χ4v) is 3.53. The summed E-state index contributed by atoms with van der Waals surface area (Å²) in [6.07, 6.45) is 4.02. The van der Waals surface area contributed by atoms with Crippen LogP contribution >= 0.6 is 15.9 Å². The lowest BCUT2D eigenvalue weighted by Crippen LogP contribution is -2.53. The molecule has 0 aliphatic carbocycles. The van der Waals surface area contributed by atoms with E-state index in [2.05, 4.69) is 47.1 Å². The molecule has 1 rings (SSSR count). The summed E-state index contributed by atoms with van der Waals surface area (Å²) in [5.74, 6) is 0. The van der Waals surface area contributed by atoms with Gasteiger partial charge in [-0.3, -0.25) is 4.68 Å². The number of halogens is 1. The maximum absolute atomic E-state index is 5.95. The highest BCUT2D eigenvalue weighted by molar-refractivity contribution is 9.10. The molecule has 1 atom stereocenters. The first-order valence-electron chi connectivity index (χ1n) is 7.92. The van der Waals surface area contributed by atoms with Crippen LogP contribution in [0.2, 0.25) is 0 Å². The summed E-state index contributed by atoms with van der Waals surface area (Å²) < 4.78 is 9.04. The average molecular weight is 360 g/mol. The lowest BCUT2D eigenvalue weighted by atomic mass is 9.85. The second-order valence-corrected chi connectivity index (χ2v) is 6.45. The number of nitrogens with one attached hydrogen (secondary N) is 1. The van der Waals surface area contributed by atoms with E-state index < -0.39 is 0 Å². The molecular formula is C16H30BrN3O. The average Bonchev–Trinajstić information content (AvgIpc) is 2.72. The van der Waals surface area contributed by atoms with E-state index >= 15 is 0 Å². The molecule has 1 unspecified atom stereocenters. The van der Waals surface area contributed by atoms with Crippen LogP contribution in [0, 0.1) is 6.92 Å². The van der Waals surface area contributed by atoms with Gasteiger partial charge in [0.05, 0.1) is 21.5 Å². The van der Waals surface area contributed by atoms with Crippen molar-refractivity contribution in [3.63, 3.8) is 0 Å². The Hall–Kier alpha value is -0.390. The van der Waals surface area contributed by atoms with E-state index in [1.165, 1.54) is 5.69 Å². The van der Waals surface area contributed by atoms with Gasteiger partial charge in [0, 0.05) is 26.6 Å². The zero-order chi connectivity index (χ0) is 16.0. The van der Waals surface area contributed by atoms with Crippen molar-refractivity contribution < 1.29 is 4.74 Å². The van der Waals surface area contributed by atoms with Crippen LogP contribution in [0.4, 0.5) is 0 Å². The number of aromatic nitrogens is 2. The maximum Gasteiger partial charge on any atom is 0.0829 e. The summed E-state index contributed by atoms with van der Waals surface area (Å²) in [6.45, 7) is 9.64. The lowest BCUT2D eigenvalue weighted by molar-refractivity contribution is -0.0475. The van der Waals surface area contributed by atoms with Gasteiger partial charge in [0.1, 0.15) is 0 Å². The van der Waals surface area contributed by atoms with Crippen molar-refractivity contribution in [3.05, 3.63) is 15.9 Å². The van der Waals surface area contributed by atoms with Crippen LogP contribution < -0.4 is 5.32 Å². The van der Waals surface area contributed by atoms with Crippen LogP contribution in [-0.2, 0) is 18.2 Å². The zero-order valence-electron chi connectivity index (χ0n) is 14.3. The highest BCUT2D eigenvalue weighted by Gasteiger charge is 2.36. The normalized spacial score (nSPS) is 13.7. The van der Waals surface area contributed by atoms with E-state index in [1.807, 2.05) is 25.8 Å². The van der Waals surface area contributed by atoms with Gasteiger partial charge in [-0.25, -0.2) is 0 Å². The molecule has 5 heteroatoms. The van der Waals surface area contributed by atoms with Crippen molar-refractivity contribution in [3.8, 4) is 0 Å². The van der Waals surface area contributed by atoms with E-state index in [1.54, 1.807) is 0 Å². The van der Waals surface area contributed by atoms with E-state index in [4.69, 9.17) is 4.74 Å². The van der Waals surface area contributed by atoms with Crippen LogP contribution in [-0.4, -0.2) is 35.1 Å². The fraction of sp³-hybridized carbons (Fsp3) is 0.812. The predicted molar refractivity (Wildman–Crippen MR) is 91.8 cm³/mol. The van der Waals surface area contributed by atoms with Gasteiger partial charge in [0.15, 0.2) is 0 Å². The van der Waals surface area contributed by atoms with Crippen molar-refractivity contribution in [2.45, 2.75) is 65.0 Å². The molecule has 21 heavy (non-hydrogen) atoms. The largest absolute Gasteiger partial charge is 0.377 e. The number of hydrogen-bond acceptors (Lipinski definition) is 3. The van der Waals surface area contributed by atoms with Crippen molar-refractivity contribution in [2.75, 3.05) is 13.7 Å². The standard InChI is InChI=1S/C16H30BrN3O/c1-7-10-18-14(16(8-2,9-3)21-6)11-13-15(17)12(4)19-20(13)5/h14,18H,7-11H2,1-6H3. The SMILES string of the molecule is CCCNC(Cc1c(Br)c(C)nn1C)C(CC)(CC)OC. The first-order valence-corrected chi connectivity index (χ1v) is 8.71. The molecule has 4 nitrogen and oxygen atoms in total. The number of methoxy groups -OCH3 is 1. The molecule has 0 fully saturated rings. The number of rotatable bonds is 9. The number of nitrogens with zero attached hydrogens (tertiary/aromatic N) is 2. The number of hydrogen-bond donors (Lipinski definition) is 1. The first kappa shape index (κ1) is 18.7. The van der Waals surface area contributed by atoms with Gasteiger partial charge in [-0.05, 0) is 48.7 Å². The Morgan fingerprint density at radius 2 is 1.95 bits per heavy atom. The third-order valence-electron chi connectivity index (χ3n) is 4.54. The molecule has 0 amide bonds. The minimum absolute atomic E-state index is 0.132. The van der Waals surface area contributed by atoms with Crippen molar-refractivity contribution >= 4 is 15.9 Å². The second kappa shape index (κ2) is 8.30. The van der Waals surface area contributed by atoms with Gasteiger partial charge in [-0.2, -0.15) is 5.10 Å². The number of aryl methyl sites for hydroxylation is 2. The van der Waals surface area contributed by atoms with Gasteiger partial charge in [0.2, 0.25) is 0 Å². The lowest BCUT2D eigenvalue weighted by Gasteiger charge is -2.39. The molecule has 0 aliphatic rings. The summed E-state index contributed by atoms with van der Waals surface area (Å²) in [5.41, 5.74) is 2.13. The minimum atomic E-state index is -0.132. The molecule has 0 saturated carbocycles. The van der Waals surface area contributed by atoms with Crippen LogP contribution in [0.1, 0.15) is 51.4 Å². The Morgan fingerprint density at radius 1 is 1.33 bits per heavy atom. The fourth-order valence-electron chi connectivity index (χ4n) is 3.03. The third kappa shape index (κ3) is 4.08. The minimum Gasteiger partial charge on any atom is -0.377 e. The smallest absolute Gasteiger partial charge is 0.0829 e. The molecule has 1 aromatic rings. The molecule has 0 saturated heterocycles. The Kier molecular flexibility index (Phi) is 7.37. The van der Waals surface area contributed by atoms with E-state index in [0.29, 0.717) is 0 Å². The molecular weight excluding hydrogens is 330 g/mol. The molecule has 1 aromatic heterocycles. The Morgan fingerprint density at radius 3 is 2.33 bits per heavy atom. The highest BCUT2D eigenvalue weighted by atomic mass is 79.9. The Bertz CT molecular complexity index is 433. The number of ether oxygens (including phenoxy) is 1. The van der Waals surface area contributed by atoms with Gasteiger partial charge in [-0.15, -0.1) is 0 Å². The van der Waals surface area contributed by atoms with E-state index in [0.717, 1.165) is 42.4 Å². The quantitative estimate of drug-likeness (QED) is 0.731. The second-order valence-electron chi connectivity index (χ2n) is 5.66. The Labute approximate surface area is 137 Å². The third-order valence-corrected chi connectivity index (χ3v) is 5.57. The summed E-state index contributed by atoms with van der Waals surface area (Å²) >= 11 is 3.68. The summed E-state index contributed by atoms with van der Waals surface area (Å²) in [7, 11) is 3.84. The molecule has 0 aliphatic heterocycles. The predicted octanol–water partition coefficient (Wildman–Crippen LogP) is 3.61. The van der Waals surface area contributed by atoms with Gasteiger partial charge in [0.25, 0.3) is 0 Å². The molecule has 122 valence electrons. The van der Waals surface area contributed by atoms with Gasteiger partial charge >= 0.3 is 0 Å². The summed E-state index contributed by atoms with van der Waals surface area (Å²) in [4.78, 5) is 0. The molecule has 0 radical (unpaired) electrons.